The number of aliphatic imine (C=N–C) groups is 2. The van der Waals surface area contributed by atoms with Crippen molar-refractivity contribution in [2.45, 2.75) is 45.3 Å². The number of likely N-dealkylation sites (tertiary alicyclic amines) is 1. The van der Waals surface area contributed by atoms with Gasteiger partial charge in [0, 0.05) is 25.2 Å². The molecule has 6 rings (SSSR count). The van der Waals surface area contributed by atoms with E-state index in [1.54, 1.807) is 0 Å². The Kier molecular flexibility index (Phi) is 5.83. The SMILES string of the molecule is CC1CN(Cc2ccc(C3=NCC(c4ccc(OC5CCCC5)c(C#N)c4)=N3)c3ccccc23)C1. The van der Waals surface area contributed by atoms with Gasteiger partial charge in [0.25, 0.3) is 0 Å². The Morgan fingerprint density at radius 1 is 1.03 bits per heavy atom. The van der Waals surface area contributed by atoms with Crippen LogP contribution in [-0.4, -0.2) is 42.2 Å². The van der Waals surface area contributed by atoms with Gasteiger partial charge >= 0.3 is 0 Å². The number of hydrogen-bond acceptors (Lipinski definition) is 5. The van der Waals surface area contributed by atoms with Crippen LogP contribution in [0.15, 0.2) is 64.6 Å². The Morgan fingerprint density at radius 2 is 1.83 bits per heavy atom. The van der Waals surface area contributed by atoms with E-state index in [4.69, 9.17) is 14.7 Å². The largest absolute Gasteiger partial charge is 0.489 e. The zero-order chi connectivity index (χ0) is 23.8. The van der Waals surface area contributed by atoms with Crippen molar-refractivity contribution >= 4 is 22.3 Å². The maximum atomic E-state index is 9.73. The first kappa shape index (κ1) is 22.0. The summed E-state index contributed by atoms with van der Waals surface area (Å²) >= 11 is 0. The minimum atomic E-state index is 0.229. The lowest BCUT2D eigenvalue weighted by Gasteiger charge is -2.37. The molecule has 5 heteroatoms. The van der Waals surface area contributed by atoms with Crippen LogP contribution in [0.3, 0.4) is 0 Å². The number of nitrogens with zero attached hydrogens (tertiary/aromatic N) is 4. The average Bonchev–Trinajstić information content (AvgIpc) is 3.56. The van der Waals surface area contributed by atoms with Crippen LogP contribution in [-0.2, 0) is 6.54 Å². The summed E-state index contributed by atoms with van der Waals surface area (Å²) in [6.45, 7) is 6.15. The normalized spacial score (nSPS) is 18.9. The second kappa shape index (κ2) is 9.28. The van der Waals surface area contributed by atoms with E-state index in [0.29, 0.717) is 17.9 Å². The summed E-state index contributed by atoms with van der Waals surface area (Å²) in [5, 5.41) is 12.2. The Hall–Kier alpha value is -3.49. The second-order valence-corrected chi connectivity index (χ2v) is 10.2. The molecule has 2 aliphatic heterocycles. The molecule has 0 spiro atoms. The van der Waals surface area contributed by atoms with Crippen molar-refractivity contribution in [1.29, 1.82) is 5.26 Å². The molecule has 3 aliphatic rings. The van der Waals surface area contributed by atoms with Gasteiger partial charge in [0.05, 0.1) is 23.9 Å². The minimum absolute atomic E-state index is 0.229. The van der Waals surface area contributed by atoms with Gasteiger partial charge in [-0.25, -0.2) is 4.99 Å². The van der Waals surface area contributed by atoms with Gasteiger partial charge in [0.1, 0.15) is 11.8 Å². The summed E-state index contributed by atoms with van der Waals surface area (Å²) in [5.74, 6) is 2.25. The molecular weight excluding hydrogens is 432 g/mol. The minimum Gasteiger partial charge on any atom is -0.489 e. The van der Waals surface area contributed by atoms with Crippen LogP contribution in [0.1, 0.15) is 54.9 Å². The lowest BCUT2D eigenvalue weighted by atomic mass is 9.96. The molecule has 0 N–H and O–H groups in total. The van der Waals surface area contributed by atoms with E-state index in [9.17, 15) is 5.26 Å². The third-order valence-electron chi connectivity index (χ3n) is 7.44. The Balaban J connectivity index is 1.27. The van der Waals surface area contributed by atoms with Crippen LogP contribution in [0, 0.1) is 17.2 Å². The summed E-state index contributed by atoms with van der Waals surface area (Å²) in [7, 11) is 0. The van der Waals surface area contributed by atoms with Crippen molar-refractivity contribution in [2.24, 2.45) is 15.9 Å². The van der Waals surface area contributed by atoms with Gasteiger partial charge in [-0.3, -0.25) is 9.89 Å². The van der Waals surface area contributed by atoms with Gasteiger partial charge in [-0.15, -0.1) is 0 Å². The third kappa shape index (κ3) is 4.35. The molecule has 0 aromatic heterocycles. The van der Waals surface area contributed by atoms with E-state index < -0.39 is 0 Å². The maximum absolute atomic E-state index is 9.73. The highest BCUT2D eigenvalue weighted by Gasteiger charge is 2.24. The van der Waals surface area contributed by atoms with E-state index in [0.717, 1.165) is 48.0 Å². The first-order valence-electron chi connectivity index (χ1n) is 12.7. The molecule has 2 heterocycles. The lowest BCUT2D eigenvalue weighted by molar-refractivity contribution is 0.105. The summed E-state index contributed by atoms with van der Waals surface area (Å²) in [4.78, 5) is 12.2. The quantitative estimate of drug-likeness (QED) is 0.470. The van der Waals surface area contributed by atoms with Gasteiger partial charge in [0.15, 0.2) is 5.84 Å². The molecule has 1 aliphatic carbocycles. The molecule has 5 nitrogen and oxygen atoms in total. The van der Waals surface area contributed by atoms with Gasteiger partial charge in [-0.1, -0.05) is 43.3 Å². The Bertz CT molecular complexity index is 1370. The number of ether oxygens (including phenoxy) is 1. The number of fused-ring (bicyclic) bond motifs is 1. The molecule has 176 valence electrons. The van der Waals surface area contributed by atoms with Crippen molar-refractivity contribution in [3.05, 3.63) is 76.9 Å². The first-order valence-corrected chi connectivity index (χ1v) is 12.7. The number of nitriles is 1. The molecule has 1 saturated carbocycles. The van der Waals surface area contributed by atoms with E-state index >= 15 is 0 Å². The first-order chi connectivity index (χ1) is 17.2. The van der Waals surface area contributed by atoms with Crippen LogP contribution in [0.4, 0.5) is 0 Å². The predicted octanol–water partition coefficient (Wildman–Crippen LogP) is 5.73. The van der Waals surface area contributed by atoms with Gasteiger partial charge < -0.3 is 4.74 Å². The molecule has 2 fully saturated rings. The van der Waals surface area contributed by atoms with E-state index in [-0.39, 0.29) is 6.10 Å². The molecule has 0 radical (unpaired) electrons. The van der Waals surface area contributed by atoms with Gasteiger partial charge in [-0.05, 0) is 71.7 Å². The summed E-state index contributed by atoms with van der Waals surface area (Å²) < 4.78 is 6.12. The zero-order valence-electron chi connectivity index (χ0n) is 20.2. The fourth-order valence-corrected chi connectivity index (χ4v) is 5.63. The van der Waals surface area contributed by atoms with Crippen LogP contribution in [0.25, 0.3) is 10.8 Å². The fraction of sp³-hybridized carbons (Fsp3) is 0.367. The molecule has 35 heavy (non-hydrogen) atoms. The number of amidine groups is 1. The second-order valence-electron chi connectivity index (χ2n) is 10.2. The maximum Gasteiger partial charge on any atom is 0.155 e. The van der Waals surface area contributed by atoms with Crippen LogP contribution >= 0.6 is 0 Å². The summed E-state index contributed by atoms with van der Waals surface area (Å²) in [6.07, 6.45) is 4.77. The molecule has 3 aromatic rings. The van der Waals surface area contributed by atoms with Crippen LogP contribution < -0.4 is 4.74 Å². The number of rotatable bonds is 6. The van der Waals surface area contributed by atoms with Crippen LogP contribution in [0.5, 0.6) is 5.75 Å². The molecule has 1 saturated heterocycles. The van der Waals surface area contributed by atoms with Crippen molar-refractivity contribution in [3.8, 4) is 11.8 Å². The standard InChI is InChI=1S/C30H30N4O/c1-20-17-34(18-20)19-22-10-12-27(26-9-5-4-8-25(22)26)30-32-16-28(33-30)21-11-13-29(23(14-21)15-31)35-24-6-2-3-7-24/h4-5,8-14,20,24H,2-3,6-7,16-19H2,1H3. The Labute approximate surface area is 206 Å². The lowest BCUT2D eigenvalue weighted by Crippen LogP contribution is -2.44. The smallest absolute Gasteiger partial charge is 0.155 e. The fourth-order valence-electron chi connectivity index (χ4n) is 5.63. The molecule has 0 amide bonds. The van der Waals surface area contributed by atoms with Crippen molar-refractivity contribution in [3.63, 3.8) is 0 Å². The number of benzene rings is 3. The molecule has 3 aromatic carbocycles. The molecule has 0 unspecified atom stereocenters. The van der Waals surface area contributed by atoms with E-state index in [1.165, 1.54) is 42.3 Å². The van der Waals surface area contributed by atoms with Gasteiger partial charge in [-0.2, -0.15) is 5.26 Å². The highest BCUT2D eigenvalue weighted by molar-refractivity contribution is 6.21. The molecular formula is C30H30N4O. The highest BCUT2D eigenvalue weighted by Crippen LogP contribution is 2.30. The summed E-state index contributed by atoms with van der Waals surface area (Å²) in [5.41, 5.74) is 4.83. The van der Waals surface area contributed by atoms with Crippen molar-refractivity contribution in [2.75, 3.05) is 19.6 Å². The summed E-state index contributed by atoms with van der Waals surface area (Å²) in [6, 6.07) is 21.1. The Morgan fingerprint density at radius 3 is 2.60 bits per heavy atom. The molecule has 0 bridgehead atoms. The van der Waals surface area contributed by atoms with E-state index in [1.807, 2.05) is 18.2 Å². The zero-order valence-corrected chi connectivity index (χ0v) is 20.2. The van der Waals surface area contributed by atoms with Crippen LogP contribution in [0.2, 0.25) is 0 Å². The highest BCUT2D eigenvalue weighted by atomic mass is 16.5. The number of hydrogen-bond donors (Lipinski definition) is 0. The predicted molar refractivity (Wildman–Crippen MR) is 140 cm³/mol. The molecule has 0 atom stereocenters. The average molecular weight is 463 g/mol. The third-order valence-corrected chi connectivity index (χ3v) is 7.44. The topological polar surface area (TPSA) is 61.0 Å². The van der Waals surface area contributed by atoms with Crippen molar-refractivity contribution in [1.82, 2.24) is 4.90 Å². The van der Waals surface area contributed by atoms with E-state index in [2.05, 4.69) is 54.3 Å². The van der Waals surface area contributed by atoms with Gasteiger partial charge in [0.2, 0.25) is 0 Å². The monoisotopic (exact) mass is 462 g/mol. The van der Waals surface area contributed by atoms with Crippen molar-refractivity contribution < 1.29 is 4.74 Å².